The van der Waals surface area contributed by atoms with Crippen molar-refractivity contribution in [2.45, 2.75) is 19.7 Å². The molecule has 1 saturated heterocycles. The van der Waals surface area contributed by atoms with E-state index < -0.39 is 6.61 Å². The lowest BCUT2D eigenvalue weighted by Crippen LogP contribution is -2.46. The fraction of sp³-hybridized carbons (Fsp3) is 0.241. The van der Waals surface area contributed by atoms with Crippen molar-refractivity contribution in [2.24, 2.45) is 0 Å². The molecule has 1 aliphatic heterocycles. The molecule has 9 nitrogen and oxygen atoms in total. The predicted molar refractivity (Wildman–Crippen MR) is 147 cm³/mol. The van der Waals surface area contributed by atoms with Gasteiger partial charge in [-0.15, -0.1) is 0 Å². The van der Waals surface area contributed by atoms with Gasteiger partial charge in [0.05, 0.1) is 24.1 Å². The maximum Gasteiger partial charge on any atom is 0.387 e. The number of anilines is 1. The van der Waals surface area contributed by atoms with E-state index in [0.717, 1.165) is 60.1 Å². The normalized spacial score (nSPS) is 14.2. The van der Waals surface area contributed by atoms with Crippen LogP contribution in [-0.2, 0) is 13.1 Å². The summed E-state index contributed by atoms with van der Waals surface area (Å²) in [4.78, 5) is 32.5. The van der Waals surface area contributed by atoms with Crippen LogP contribution < -0.4 is 15.2 Å². The van der Waals surface area contributed by atoms with E-state index in [9.17, 15) is 13.6 Å². The molecule has 6 rings (SSSR count). The quantitative estimate of drug-likeness (QED) is 0.314. The van der Waals surface area contributed by atoms with Crippen molar-refractivity contribution < 1.29 is 13.5 Å². The second-order valence-corrected chi connectivity index (χ2v) is 9.56. The van der Waals surface area contributed by atoms with E-state index in [1.54, 1.807) is 48.9 Å². The van der Waals surface area contributed by atoms with Gasteiger partial charge in [-0.25, -0.2) is 15.0 Å². The van der Waals surface area contributed by atoms with Crippen LogP contribution in [0.25, 0.3) is 22.2 Å². The van der Waals surface area contributed by atoms with Crippen LogP contribution in [0.4, 0.5) is 14.7 Å². The number of hydrogen-bond acceptors (Lipinski definition) is 7. The monoisotopic (exact) mass is 543 g/mol. The Kier molecular flexibility index (Phi) is 7.19. The average molecular weight is 544 g/mol. The third-order valence-electron chi connectivity index (χ3n) is 7.03. The van der Waals surface area contributed by atoms with Crippen molar-refractivity contribution in [3.05, 3.63) is 101 Å². The number of nitrogens with one attached hydrogen (secondary N) is 1. The van der Waals surface area contributed by atoms with Crippen LogP contribution in [0.2, 0.25) is 0 Å². The molecule has 5 aromatic rings. The molecule has 40 heavy (non-hydrogen) atoms. The van der Waals surface area contributed by atoms with Crippen LogP contribution in [0, 0.1) is 0 Å². The molecule has 1 fully saturated rings. The van der Waals surface area contributed by atoms with Gasteiger partial charge in [0.25, 0.3) is 0 Å². The second kappa shape index (κ2) is 11.2. The van der Waals surface area contributed by atoms with Gasteiger partial charge in [-0.3, -0.25) is 9.69 Å². The minimum absolute atomic E-state index is 0.138. The standard InChI is InChI=1S/C29H27F2N7O2/c30-28(31)40-25-5-2-1-4-22(25)18-38-24-16-20(21-7-9-27(39)34-17-21)6-8-23(24)35-26(38)19-36-12-14-37(15-13-36)29-32-10-3-11-33-29/h1-11,16-17,28H,12-15,18-19H2,(H,34,39). The SMILES string of the molecule is O=c1ccc(-c2ccc3nc(CN4CCN(c5ncccn5)CC4)n(Cc4ccccc4OC(F)F)c3c2)c[nH]1. The van der Waals surface area contributed by atoms with Crippen molar-refractivity contribution in [3.63, 3.8) is 0 Å². The zero-order valence-corrected chi connectivity index (χ0v) is 21.6. The van der Waals surface area contributed by atoms with E-state index in [2.05, 4.69) is 29.3 Å². The number of hydrogen-bond donors (Lipinski definition) is 1. The lowest BCUT2D eigenvalue weighted by atomic mass is 10.1. The van der Waals surface area contributed by atoms with Crippen LogP contribution in [-0.4, -0.2) is 62.2 Å². The van der Waals surface area contributed by atoms with Crippen molar-refractivity contribution >= 4 is 17.0 Å². The Morgan fingerprint density at radius 2 is 1.68 bits per heavy atom. The molecule has 0 amide bonds. The summed E-state index contributed by atoms with van der Waals surface area (Å²) in [6, 6.07) is 17.8. The molecule has 11 heteroatoms. The van der Waals surface area contributed by atoms with Crippen molar-refractivity contribution in [3.8, 4) is 16.9 Å². The van der Waals surface area contributed by atoms with E-state index >= 15 is 0 Å². The Labute approximate surface area is 228 Å². The van der Waals surface area contributed by atoms with Crippen molar-refractivity contribution in [1.29, 1.82) is 0 Å². The molecule has 0 atom stereocenters. The third-order valence-corrected chi connectivity index (χ3v) is 7.03. The summed E-state index contributed by atoms with van der Waals surface area (Å²) < 4.78 is 33.2. The summed E-state index contributed by atoms with van der Waals surface area (Å²) in [5, 5.41) is 0. The zero-order valence-electron chi connectivity index (χ0n) is 21.6. The van der Waals surface area contributed by atoms with Crippen molar-refractivity contribution in [1.82, 2.24) is 29.4 Å². The van der Waals surface area contributed by atoms with Gasteiger partial charge in [0.15, 0.2) is 0 Å². The Hall–Kier alpha value is -4.64. The lowest BCUT2D eigenvalue weighted by Gasteiger charge is -2.34. The highest BCUT2D eigenvalue weighted by molar-refractivity contribution is 5.82. The van der Waals surface area contributed by atoms with Gasteiger partial charge in [-0.05, 0) is 41.5 Å². The van der Waals surface area contributed by atoms with Gasteiger partial charge >= 0.3 is 6.61 Å². The van der Waals surface area contributed by atoms with Crippen LogP contribution >= 0.6 is 0 Å². The lowest BCUT2D eigenvalue weighted by molar-refractivity contribution is -0.0504. The van der Waals surface area contributed by atoms with Crippen LogP contribution in [0.1, 0.15) is 11.4 Å². The fourth-order valence-electron chi connectivity index (χ4n) is 5.02. The number of alkyl halides is 2. The molecule has 0 unspecified atom stereocenters. The van der Waals surface area contributed by atoms with Gasteiger partial charge in [0.1, 0.15) is 11.6 Å². The van der Waals surface area contributed by atoms with Crippen LogP contribution in [0.3, 0.4) is 0 Å². The molecule has 1 aliphatic rings. The number of halogens is 2. The predicted octanol–water partition coefficient (Wildman–Crippen LogP) is 4.15. The number of aromatic nitrogens is 5. The van der Waals surface area contributed by atoms with Gasteiger partial charge in [-0.2, -0.15) is 8.78 Å². The molecule has 1 N–H and O–H groups in total. The number of rotatable bonds is 8. The summed E-state index contributed by atoms with van der Waals surface area (Å²) in [6.07, 6.45) is 5.16. The number of benzene rings is 2. The number of para-hydroxylation sites is 1. The number of piperazine rings is 1. The van der Waals surface area contributed by atoms with E-state index in [4.69, 9.17) is 9.72 Å². The first-order valence-electron chi connectivity index (χ1n) is 13.0. The highest BCUT2D eigenvalue weighted by Crippen LogP contribution is 2.28. The largest absolute Gasteiger partial charge is 0.434 e. The number of fused-ring (bicyclic) bond motifs is 1. The van der Waals surface area contributed by atoms with Gasteiger partial charge in [0.2, 0.25) is 11.5 Å². The van der Waals surface area contributed by atoms with Gasteiger partial charge < -0.3 is 19.2 Å². The Morgan fingerprint density at radius 3 is 2.42 bits per heavy atom. The maximum atomic E-state index is 13.2. The highest BCUT2D eigenvalue weighted by atomic mass is 19.3. The molecule has 204 valence electrons. The molecule has 3 aromatic heterocycles. The Balaban J connectivity index is 1.33. The number of nitrogens with zero attached hydrogens (tertiary/aromatic N) is 6. The Bertz CT molecular complexity index is 1640. The molecule has 0 aliphatic carbocycles. The molecule has 4 heterocycles. The molecule has 0 radical (unpaired) electrons. The van der Waals surface area contributed by atoms with Crippen LogP contribution in [0.5, 0.6) is 5.75 Å². The third kappa shape index (κ3) is 5.55. The van der Waals surface area contributed by atoms with Crippen LogP contribution in [0.15, 0.2) is 84.0 Å². The molecular weight excluding hydrogens is 516 g/mol. The number of ether oxygens (including phenoxy) is 1. The van der Waals surface area contributed by atoms with E-state index in [1.165, 1.54) is 6.07 Å². The number of aromatic amines is 1. The fourth-order valence-corrected chi connectivity index (χ4v) is 5.02. The first-order valence-corrected chi connectivity index (χ1v) is 13.0. The Morgan fingerprint density at radius 1 is 0.900 bits per heavy atom. The first kappa shape index (κ1) is 25.6. The van der Waals surface area contributed by atoms with E-state index in [-0.39, 0.29) is 11.3 Å². The second-order valence-electron chi connectivity index (χ2n) is 9.56. The number of imidazole rings is 1. The molecule has 0 bridgehead atoms. The van der Waals surface area contributed by atoms with E-state index in [0.29, 0.717) is 18.7 Å². The summed E-state index contributed by atoms with van der Waals surface area (Å²) in [5.74, 6) is 1.68. The topological polar surface area (TPSA) is 92.2 Å². The molecule has 2 aromatic carbocycles. The minimum atomic E-state index is -2.92. The first-order chi connectivity index (χ1) is 19.5. The number of H-pyrrole nitrogens is 1. The van der Waals surface area contributed by atoms with Crippen molar-refractivity contribution in [2.75, 3.05) is 31.1 Å². The average Bonchev–Trinajstić information content (AvgIpc) is 3.31. The smallest absolute Gasteiger partial charge is 0.387 e. The summed E-state index contributed by atoms with van der Waals surface area (Å²) in [7, 11) is 0. The molecule has 0 spiro atoms. The van der Waals surface area contributed by atoms with Gasteiger partial charge in [0, 0.05) is 56.4 Å². The maximum absolute atomic E-state index is 13.2. The van der Waals surface area contributed by atoms with E-state index in [1.807, 2.05) is 24.3 Å². The molecular formula is C29H27F2N7O2. The summed E-state index contributed by atoms with van der Waals surface area (Å²) in [5.41, 5.74) is 3.88. The highest BCUT2D eigenvalue weighted by Gasteiger charge is 2.22. The number of pyridine rings is 1. The summed E-state index contributed by atoms with van der Waals surface area (Å²) >= 11 is 0. The minimum Gasteiger partial charge on any atom is -0.434 e. The zero-order chi connectivity index (χ0) is 27.5. The van der Waals surface area contributed by atoms with Gasteiger partial charge in [-0.1, -0.05) is 24.3 Å². The molecule has 0 saturated carbocycles. The summed E-state index contributed by atoms with van der Waals surface area (Å²) in [6.45, 7) is 1.14.